The van der Waals surface area contributed by atoms with Crippen molar-refractivity contribution in [3.63, 3.8) is 0 Å². The zero-order valence-electron chi connectivity index (χ0n) is 5.94. The van der Waals surface area contributed by atoms with Crippen molar-refractivity contribution in [1.82, 2.24) is 19.8 Å². The van der Waals surface area contributed by atoms with Crippen molar-refractivity contribution in [3.8, 4) is 0 Å². The number of aryl methyl sites for hydroxylation is 1. The third-order valence-corrected chi connectivity index (χ3v) is 1.43. The molecular formula is C6H6N5. The van der Waals surface area contributed by atoms with Crippen LogP contribution in [0.3, 0.4) is 0 Å². The van der Waals surface area contributed by atoms with E-state index in [-0.39, 0.29) is 0 Å². The summed E-state index contributed by atoms with van der Waals surface area (Å²) in [4.78, 5) is 0. The van der Waals surface area contributed by atoms with E-state index in [4.69, 9.17) is 5.73 Å². The highest BCUT2D eigenvalue weighted by atomic mass is 15.4. The first kappa shape index (κ1) is 6.09. The van der Waals surface area contributed by atoms with E-state index >= 15 is 0 Å². The van der Waals surface area contributed by atoms with E-state index in [0.717, 1.165) is 0 Å². The average Bonchev–Trinajstić information content (AvgIpc) is 2.35. The summed E-state index contributed by atoms with van der Waals surface area (Å²) >= 11 is 0. The number of nitrogen functional groups attached to an aromatic ring is 1. The molecule has 0 aliphatic rings. The lowest BCUT2D eigenvalue weighted by Gasteiger charge is -1.93. The fourth-order valence-corrected chi connectivity index (χ4v) is 0.878. The lowest BCUT2D eigenvalue weighted by Crippen LogP contribution is -1.97. The van der Waals surface area contributed by atoms with Crippen LogP contribution in [0.15, 0.2) is 6.07 Å². The SMILES string of the molecule is Cc1nnc2c(N)c[c]nn12. The molecule has 11 heavy (non-hydrogen) atoms. The zero-order valence-corrected chi connectivity index (χ0v) is 5.94. The van der Waals surface area contributed by atoms with Gasteiger partial charge in [-0.2, -0.15) is 9.61 Å². The number of rotatable bonds is 0. The van der Waals surface area contributed by atoms with Crippen LogP contribution in [0.1, 0.15) is 5.82 Å². The summed E-state index contributed by atoms with van der Waals surface area (Å²) in [5.41, 5.74) is 6.70. The second-order valence-electron chi connectivity index (χ2n) is 2.21. The summed E-state index contributed by atoms with van der Waals surface area (Å²) in [6.45, 7) is 1.81. The standard InChI is InChI=1S/C6H6N5/c1-4-9-10-6-5(7)2-3-8-11(4)6/h2H,7H2,1H3. The Bertz CT molecular complexity index is 391. The highest BCUT2D eigenvalue weighted by Gasteiger charge is 2.02. The molecule has 0 spiro atoms. The minimum atomic E-state index is 0.542. The van der Waals surface area contributed by atoms with E-state index in [1.165, 1.54) is 0 Å². The third-order valence-electron chi connectivity index (χ3n) is 1.43. The molecule has 0 unspecified atom stereocenters. The molecule has 5 nitrogen and oxygen atoms in total. The van der Waals surface area contributed by atoms with Crippen molar-refractivity contribution in [3.05, 3.63) is 18.1 Å². The van der Waals surface area contributed by atoms with Gasteiger partial charge in [0.1, 0.15) is 6.20 Å². The first-order chi connectivity index (χ1) is 5.29. The Morgan fingerprint density at radius 3 is 3.09 bits per heavy atom. The molecule has 0 bridgehead atoms. The molecular weight excluding hydrogens is 142 g/mol. The van der Waals surface area contributed by atoms with Crippen LogP contribution >= 0.6 is 0 Å². The average molecular weight is 148 g/mol. The molecule has 0 atom stereocenters. The maximum atomic E-state index is 5.57. The molecule has 0 saturated heterocycles. The predicted octanol–water partition coefficient (Wildman–Crippen LogP) is -0.185. The van der Waals surface area contributed by atoms with Gasteiger partial charge in [0.2, 0.25) is 5.65 Å². The van der Waals surface area contributed by atoms with Gasteiger partial charge in [0, 0.05) is 0 Å². The number of aromatic nitrogens is 4. The van der Waals surface area contributed by atoms with Crippen LogP contribution in [0.4, 0.5) is 5.69 Å². The quantitative estimate of drug-likeness (QED) is 0.562. The molecule has 0 saturated carbocycles. The monoisotopic (exact) mass is 148 g/mol. The Kier molecular flexibility index (Phi) is 1.06. The van der Waals surface area contributed by atoms with Crippen LogP contribution in [-0.4, -0.2) is 19.8 Å². The summed E-state index contributed by atoms with van der Waals surface area (Å²) in [5.74, 6) is 0.712. The fourth-order valence-electron chi connectivity index (χ4n) is 0.878. The van der Waals surface area contributed by atoms with Crippen LogP contribution in [0.2, 0.25) is 0 Å². The number of anilines is 1. The molecule has 5 heteroatoms. The van der Waals surface area contributed by atoms with E-state index in [9.17, 15) is 0 Å². The molecule has 0 aromatic carbocycles. The largest absolute Gasteiger partial charge is 0.396 e. The second-order valence-corrected chi connectivity index (χ2v) is 2.21. The molecule has 0 aliphatic carbocycles. The van der Waals surface area contributed by atoms with Crippen LogP contribution in [0.5, 0.6) is 0 Å². The van der Waals surface area contributed by atoms with Crippen LogP contribution in [0.25, 0.3) is 5.65 Å². The normalized spacial score (nSPS) is 10.6. The van der Waals surface area contributed by atoms with Gasteiger partial charge in [-0.05, 0) is 13.0 Å². The second kappa shape index (κ2) is 1.91. The highest BCUT2D eigenvalue weighted by molar-refractivity contribution is 5.62. The van der Waals surface area contributed by atoms with Gasteiger partial charge in [-0.1, -0.05) is 0 Å². The smallest absolute Gasteiger partial charge is 0.200 e. The number of nitrogens with zero attached hydrogens (tertiary/aromatic N) is 4. The van der Waals surface area contributed by atoms with Gasteiger partial charge < -0.3 is 5.73 Å². The summed E-state index contributed by atoms with van der Waals surface area (Å²) in [6, 6.07) is 1.57. The number of nitrogens with two attached hydrogens (primary N) is 1. The van der Waals surface area contributed by atoms with E-state index in [1.807, 2.05) is 0 Å². The molecule has 2 heterocycles. The Morgan fingerprint density at radius 1 is 1.55 bits per heavy atom. The van der Waals surface area contributed by atoms with E-state index in [0.29, 0.717) is 17.2 Å². The molecule has 0 amide bonds. The van der Waals surface area contributed by atoms with Crippen molar-refractivity contribution < 1.29 is 0 Å². The van der Waals surface area contributed by atoms with Gasteiger partial charge >= 0.3 is 0 Å². The van der Waals surface area contributed by atoms with E-state index < -0.39 is 0 Å². The molecule has 1 radical (unpaired) electrons. The molecule has 0 aliphatic heterocycles. The van der Waals surface area contributed by atoms with Crippen LogP contribution in [-0.2, 0) is 0 Å². The third kappa shape index (κ3) is 0.739. The first-order valence-corrected chi connectivity index (χ1v) is 3.13. The number of hydrogen-bond acceptors (Lipinski definition) is 4. The maximum absolute atomic E-state index is 5.57. The van der Waals surface area contributed by atoms with Crippen molar-refractivity contribution in [2.75, 3.05) is 5.73 Å². The van der Waals surface area contributed by atoms with Crippen LogP contribution in [0, 0.1) is 13.1 Å². The summed E-state index contributed by atoms with van der Waals surface area (Å²) in [7, 11) is 0. The molecule has 2 aromatic heterocycles. The minimum absolute atomic E-state index is 0.542. The number of hydrogen-bond donors (Lipinski definition) is 1. The first-order valence-electron chi connectivity index (χ1n) is 3.13. The van der Waals surface area contributed by atoms with E-state index in [2.05, 4.69) is 21.5 Å². The van der Waals surface area contributed by atoms with Gasteiger partial charge in [-0.3, -0.25) is 0 Å². The van der Waals surface area contributed by atoms with Crippen LogP contribution < -0.4 is 5.73 Å². The van der Waals surface area contributed by atoms with Crippen molar-refractivity contribution in [2.24, 2.45) is 0 Å². The molecule has 55 valence electrons. The van der Waals surface area contributed by atoms with E-state index in [1.54, 1.807) is 17.5 Å². The van der Waals surface area contributed by atoms with Gasteiger partial charge in [-0.25, -0.2) is 0 Å². The lowest BCUT2D eigenvalue weighted by atomic mass is 10.5. The Morgan fingerprint density at radius 2 is 2.36 bits per heavy atom. The Hall–Kier alpha value is -1.65. The van der Waals surface area contributed by atoms with Gasteiger partial charge in [-0.15, -0.1) is 10.2 Å². The predicted molar refractivity (Wildman–Crippen MR) is 38.8 cm³/mol. The lowest BCUT2D eigenvalue weighted by molar-refractivity contribution is 0.871. The highest BCUT2D eigenvalue weighted by Crippen LogP contribution is 2.07. The summed E-state index contributed by atoms with van der Waals surface area (Å²) in [5, 5.41) is 11.5. The summed E-state index contributed by atoms with van der Waals surface area (Å²) < 4.78 is 1.55. The Labute approximate surface area is 62.9 Å². The number of fused-ring (bicyclic) bond motifs is 1. The van der Waals surface area contributed by atoms with Gasteiger partial charge in [0.25, 0.3) is 0 Å². The molecule has 0 fully saturated rings. The zero-order chi connectivity index (χ0) is 7.84. The minimum Gasteiger partial charge on any atom is -0.396 e. The summed E-state index contributed by atoms with van der Waals surface area (Å²) in [6.07, 6.45) is 2.64. The molecule has 2 rings (SSSR count). The Balaban J connectivity index is 2.94. The molecule has 2 aromatic rings. The fraction of sp³-hybridized carbons (Fsp3) is 0.167. The van der Waals surface area contributed by atoms with Gasteiger partial charge in [0.15, 0.2) is 5.82 Å². The van der Waals surface area contributed by atoms with Crippen molar-refractivity contribution in [1.29, 1.82) is 0 Å². The van der Waals surface area contributed by atoms with Gasteiger partial charge in [0.05, 0.1) is 5.69 Å². The van der Waals surface area contributed by atoms with Crippen molar-refractivity contribution >= 4 is 11.3 Å². The molecule has 2 N–H and O–H groups in total. The topological polar surface area (TPSA) is 69.1 Å². The maximum Gasteiger partial charge on any atom is 0.200 e. The van der Waals surface area contributed by atoms with Crippen molar-refractivity contribution in [2.45, 2.75) is 6.92 Å².